The van der Waals surface area contributed by atoms with Gasteiger partial charge in [0.15, 0.2) is 16.6 Å². The Kier molecular flexibility index (Phi) is 7.65. The van der Waals surface area contributed by atoms with E-state index < -0.39 is 17.8 Å². The highest BCUT2D eigenvalue weighted by atomic mass is 32.1. The lowest BCUT2D eigenvalue weighted by Crippen LogP contribution is -2.34. The summed E-state index contributed by atoms with van der Waals surface area (Å²) in [6, 6.07) is 4.79. The summed E-state index contributed by atoms with van der Waals surface area (Å²) >= 11 is 6.25. The zero-order valence-electron chi connectivity index (χ0n) is 17.7. The molecule has 0 spiro atoms. The molecule has 2 aromatic rings. The number of carbonyl (C=O) groups is 3. The van der Waals surface area contributed by atoms with E-state index in [1.807, 2.05) is 0 Å². The van der Waals surface area contributed by atoms with Crippen LogP contribution in [-0.2, 0) is 9.47 Å². The first-order valence-electron chi connectivity index (χ1n) is 9.85. The topological polar surface area (TPSA) is 112 Å². The van der Waals surface area contributed by atoms with E-state index in [-0.39, 0.29) is 33.8 Å². The van der Waals surface area contributed by atoms with E-state index in [0.717, 1.165) is 11.3 Å². The van der Waals surface area contributed by atoms with Crippen LogP contribution in [0.5, 0.6) is 11.5 Å². The van der Waals surface area contributed by atoms with Gasteiger partial charge in [-0.1, -0.05) is 0 Å². The van der Waals surface area contributed by atoms with E-state index in [2.05, 4.69) is 10.6 Å². The number of ether oxygens (including phenoxy) is 4. The van der Waals surface area contributed by atoms with Crippen LogP contribution in [0.2, 0.25) is 0 Å². The third-order valence-corrected chi connectivity index (χ3v) is 5.74. The second-order valence-electron chi connectivity index (χ2n) is 6.47. The summed E-state index contributed by atoms with van der Waals surface area (Å²) in [5, 5.41) is 5.61. The molecular formula is C21H22N2O7S2. The SMILES string of the molecule is CCOC(=O)c1sc(NC(=S)NC(=O)c2ccc3c(c2)OCCO3)c(C(=O)OCC)c1C. The molecule has 1 aliphatic rings. The Morgan fingerprint density at radius 3 is 2.41 bits per heavy atom. The summed E-state index contributed by atoms with van der Waals surface area (Å²) in [7, 11) is 0. The summed E-state index contributed by atoms with van der Waals surface area (Å²) in [6.07, 6.45) is 0. The molecule has 32 heavy (non-hydrogen) atoms. The van der Waals surface area contributed by atoms with E-state index in [1.165, 1.54) is 0 Å². The van der Waals surface area contributed by atoms with Crippen LogP contribution in [0.15, 0.2) is 18.2 Å². The molecule has 1 aliphatic heterocycles. The van der Waals surface area contributed by atoms with Gasteiger partial charge < -0.3 is 24.3 Å². The van der Waals surface area contributed by atoms with Crippen LogP contribution in [0.3, 0.4) is 0 Å². The van der Waals surface area contributed by atoms with Crippen LogP contribution in [0, 0.1) is 6.92 Å². The van der Waals surface area contributed by atoms with Gasteiger partial charge in [-0.2, -0.15) is 0 Å². The first kappa shape index (κ1) is 23.5. The Morgan fingerprint density at radius 1 is 1.06 bits per heavy atom. The molecule has 0 radical (unpaired) electrons. The highest BCUT2D eigenvalue weighted by molar-refractivity contribution is 7.80. The molecule has 0 bridgehead atoms. The third kappa shape index (κ3) is 5.17. The van der Waals surface area contributed by atoms with Crippen LogP contribution in [-0.4, -0.2) is 49.4 Å². The van der Waals surface area contributed by atoms with Crippen LogP contribution < -0.4 is 20.1 Å². The molecule has 1 aromatic heterocycles. The zero-order valence-corrected chi connectivity index (χ0v) is 19.4. The number of carbonyl (C=O) groups excluding carboxylic acids is 3. The molecule has 170 valence electrons. The van der Waals surface area contributed by atoms with Gasteiger partial charge in [0.2, 0.25) is 0 Å². The minimum Gasteiger partial charge on any atom is -0.486 e. The quantitative estimate of drug-likeness (QED) is 0.477. The second-order valence-corrected chi connectivity index (χ2v) is 7.90. The number of esters is 2. The number of amides is 1. The fourth-order valence-corrected chi connectivity index (χ4v) is 4.29. The van der Waals surface area contributed by atoms with Crippen LogP contribution in [0.25, 0.3) is 0 Å². The number of benzene rings is 1. The minimum atomic E-state index is -0.611. The summed E-state index contributed by atoms with van der Waals surface area (Å²) in [4.78, 5) is 37.6. The van der Waals surface area contributed by atoms with E-state index in [1.54, 1.807) is 39.0 Å². The second kappa shape index (κ2) is 10.4. The Hall–Kier alpha value is -3.18. The number of anilines is 1. The molecule has 0 saturated carbocycles. The lowest BCUT2D eigenvalue weighted by Gasteiger charge is -2.18. The first-order valence-corrected chi connectivity index (χ1v) is 11.1. The standard InChI is InChI=1S/C21H22N2O7S2/c1-4-27-19(25)15-11(3)16(20(26)28-5-2)32-18(15)23-21(31)22-17(24)12-6-7-13-14(10-12)30-9-8-29-13/h6-7,10H,4-5,8-9H2,1-3H3,(H2,22,23,24,31). The first-order chi connectivity index (χ1) is 15.3. The average molecular weight is 479 g/mol. The van der Waals surface area contributed by atoms with Crippen LogP contribution >= 0.6 is 23.6 Å². The molecule has 2 heterocycles. The van der Waals surface area contributed by atoms with Gasteiger partial charge in [0.1, 0.15) is 23.1 Å². The maximum Gasteiger partial charge on any atom is 0.348 e. The van der Waals surface area contributed by atoms with Crippen molar-refractivity contribution in [3.8, 4) is 11.5 Å². The Balaban J connectivity index is 1.78. The van der Waals surface area contributed by atoms with Gasteiger partial charge in [-0.15, -0.1) is 11.3 Å². The van der Waals surface area contributed by atoms with Crippen molar-refractivity contribution in [3.63, 3.8) is 0 Å². The van der Waals surface area contributed by atoms with Crippen molar-refractivity contribution < 1.29 is 33.3 Å². The largest absolute Gasteiger partial charge is 0.486 e. The van der Waals surface area contributed by atoms with Crippen LogP contribution in [0.4, 0.5) is 5.00 Å². The summed E-state index contributed by atoms with van der Waals surface area (Å²) < 4.78 is 21.1. The number of fused-ring (bicyclic) bond motifs is 1. The van der Waals surface area contributed by atoms with E-state index in [0.29, 0.717) is 35.8 Å². The predicted octanol–water partition coefficient (Wildman–Crippen LogP) is 3.31. The summed E-state index contributed by atoms with van der Waals surface area (Å²) in [5.41, 5.74) is 0.893. The van der Waals surface area contributed by atoms with Crippen molar-refractivity contribution >= 4 is 51.5 Å². The maximum absolute atomic E-state index is 12.6. The van der Waals surface area contributed by atoms with Gasteiger partial charge in [-0.25, -0.2) is 9.59 Å². The van der Waals surface area contributed by atoms with Gasteiger partial charge >= 0.3 is 11.9 Å². The summed E-state index contributed by atoms with van der Waals surface area (Å²) in [6.45, 7) is 6.19. The molecule has 1 aromatic carbocycles. The molecule has 0 aliphatic carbocycles. The van der Waals surface area contributed by atoms with Gasteiger partial charge in [-0.05, 0) is 56.8 Å². The molecule has 0 saturated heterocycles. The lowest BCUT2D eigenvalue weighted by molar-refractivity contribution is 0.0527. The predicted molar refractivity (Wildman–Crippen MR) is 122 cm³/mol. The maximum atomic E-state index is 12.6. The van der Waals surface area contributed by atoms with Gasteiger partial charge in [0.05, 0.1) is 18.8 Å². The van der Waals surface area contributed by atoms with Crippen LogP contribution in [0.1, 0.15) is 49.8 Å². The number of thiophene rings is 1. The van der Waals surface area contributed by atoms with Crippen molar-refractivity contribution in [2.45, 2.75) is 20.8 Å². The molecular weight excluding hydrogens is 456 g/mol. The Bertz CT molecular complexity index is 1060. The molecule has 1 amide bonds. The number of nitrogens with one attached hydrogen (secondary N) is 2. The molecule has 11 heteroatoms. The fourth-order valence-electron chi connectivity index (χ4n) is 2.94. The highest BCUT2D eigenvalue weighted by Gasteiger charge is 2.27. The minimum absolute atomic E-state index is 0.0490. The Morgan fingerprint density at radius 2 is 1.72 bits per heavy atom. The molecule has 0 atom stereocenters. The zero-order chi connectivity index (χ0) is 23.3. The molecule has 0 unspecified atom stereocenters. The van der Waals surface area contributed by atoms with Gasteiger partial charge in [-0.3, -0.25) is 10.1 Å². The number of hydrogen-bond acceptors (Lipinski definition) is 9. The van der Waals surface area contributed by atoms with Crippen molar-refractivity contribution in [2.75, 3.05) is 31.7 Å². The third-order valence-electron chi connectivity index (χ3n) is 4.35. The van der Waals surface area contributed by atoms with E-state index >= 15 is 0 Å². The van der Waals surface area contributed by atoms with Crippen molar-refractivity contribution in [1.29, 1.82) is 0 Å². The monoisotopic (exact) mass is 478 g/mol. The van der Waals surface area contributed by atoms with Gasteiger partial charge in [0, 0.05) is 5.56 Å². The number of hydrogen-bond donors (Lipinski definition) is 2. The smallest absolute Gasteiger partial charge is 0.348 e. The Labute approximate surface area is 194 Å². The lowest BCUT2D eigenvalue weighted by atomic mass is 10.1. The molecule has 0 fully saturated rings. The molecule has 2 N–H and O–H groups in total. The van der Waals surface area contributed by atoms with E-state index in [9.17, 15) is 14.4 Å². The van der Waals surface area contributed by atoms with Gasteiger partial charge in [0.25, 0.3) is 5.91 Å². The average Bonchev–Trinajstić information content (AvgIpc) is 3.09. The highest BCUT2D eigenvalue weighted by Crippen LogP contribution is 2.34. The number of thiocarbonyl (C=S) groups is 1. The molecule has 3 rings (SSSR count). The normalized spacial score (nSPS) is 12.0. The van der Waals surface area contributed by atoms with Crippen molar-refractivity contribution in [1.82, 2.24) is 5.32 Å². The van der Waals surface area contributed by atoms with Crippen molar-refractivity contribution in [3.05, 3.63) is 39.8 Å². The van der Waals surface area contributed by atoms with E-state index in [4.69, 9.17) is 31.2 Å². The summed E-state index contributed by atoms with van der Waals surface area (Å²) in [5.74, 6) is -0.607. The fraction of sp³-hybridized carbons (Fsp3) is 0.333. The number of rotatable bonds is 6. The van der Waals surface area contributed by atoms with Crippen molar-refractivity contribution in [2.24, 2.45) is 0 Å². The molecule has 9 nitrogen and oxygen atoms in total.